The van der Waals surface area contributed by atoms with Gasteiger partial charge in [-0.1, -0.05) is 0 Å². The molecule has 2 nitrogen and oxygen atoms in total. The summed E-state index contributed by atoms with van der Waals surface area (Å²) in [6.07, 6.45) is 0. The van der Waals surface area contributed by atoms with Crippen LogP contribution >= 0.6 is 31.5 Å². The van der Waals surface area contributed by atoms with Gasteiger partial charge >= 0.3 is 0 Å². The first kappa shape index (κ1) is 5.06. The topological polar surface area (TPSA) is 21.6 Å². The molecule has 0 aromatic carbocycles. The normalized spacial score (nSPS) is 19.3. The van der Waals surface area contributed by atoms with Crippen LogP contribution in [0.3, 0.4) is 0 Å². The molecule has 0 amide bonds. The molecule has 0 fully saturated rings. The molecule has 0 radical (unpaired) electrons. The molecule has 0 aromatic heterocycles. The Balaban J connectivity index is 2.97. The molecule has 0 saturated carbocycles. The Labute approximate surface area is 53.3 Å². The average molecular weight is 220 g/mol. The van der Waals surface area contributed by atoms with E-state index in [9.17, 15) is 0 Å². The Morgan fingerprint density at radius 1 is 2.33 bits per heavy atom. The minimum atomic E-state index is -0.787. The van der Waals surface area contributed by atoms with E-state index in [1.165, 1.54) is 0 Å². The van der Waals surface area contributed by atoms with Crippen LogP contribution in [-0.2, 0) is 4.84 Å². The van der Waals surface area contributed by atoms with E-state index in [-0.39, 0.29) is 5.85 Å². The Bertz CT molecular complexity index is 68.7. The van der Waals surface area contributed by atoms with Crippen LogP contribution < -0.4 is 0 Å². The summed E-state index contributed by atoms with van der Waals surface area (Å²) < 4.78 is 10.0. The predicted molar refractivity (Wildman–Crippen MR) is 38.1 cm³/mol. The zero-order valence-corrected chi connectivity index (χ0v) is 6.70. The lowest BCUT2D eigenvalue weighted by molar-refractivity contribution is 0.145. The molecule has 0 N–H and O–H groups in total. The molecule has 0 bridgehead atoms. The summed E-state index contributed by atoms with van der Waals surface area (Å²) in [6.45, 7) is 1.85. The highest BCUT2D eigenvalue weighted by atomic mass is 127. The van der Waals surface area contributed by atoms with Gasteiger partial charge in [0.15, 0.2) is 0 Å². The van der Waals surface area contributed by atoms with Gasteiger partial charge in [-0.05, 0) is 6.92 Å². The zero-order chi connectivity index (χ0) is 5.70. The van der Waals surface area contributed by atoms with E-state index >= 15 is 0 Å². The lowest BCUT2D eigenvalue weighted by Gasteiger charge is -1.93. The summed E-state index contributed by atoms with van der Waals surface area (Å²) in [5.41, 5.74) is 0. The van der Waals surface area contributed by atoms with Crippen molar-refractivity contribution in [2.24, 2.45) is 3.31 Å². The minimum absolute atomic E-state index is 0.0602. The van der Waals surface area contributed by atoms with Gasteiger partial charge in [0.25, 0.3) is 0 Å². The third kappa shape index (κ3) is 4.92. The van der Waals surface area contributed by atoms with Gasteiger partial charge in [-0.2, -0.15) is 0 Å². The van der Waals surface area contributed by atoms with Gasteiger partial charge in [-0.15, -0.1) is 12.5 Å². The van der Waals surface area contributed by atoms with Crippen LogP contribution in [0.25, 0.3) is 0 Å². The molecule has 2 unspecified atom stereocenters. The number of halogens is 1. The van der Waals surface area contributed by atoms with Gasteiger partial charge in [0.1, 0.15) is 0.594 Å². The van der Waals surface area contributed by atoms with Crippen molar-refractivity contribution < 1.29 is 4.84 Å². The van der Waals surface area contributed by atoms with Crippen LogP contribution in [0.5, 0.6) is 0 Å². The number of hydrogen-bond acceptors (Lipinski definition) is 2. The highest BCUT2D eigenvalue weighted by Crippen LogP contribution is 1.99. The lowest BCUT2D eigenvalue weighted by Crippen LogP contribution is -1.86. The second-order valence-corrected chi connectivity index (χ2v) is 2.21. The Morgan fingerprint density at radius 2 is 3.00 bits per heavy atom. The van der Waals surface area contributed by atoms with Crippen molar-refractivity contribution >= 4 is 31.5 Å². The van der Waals surface area contributed by atoms with Gasteiger partial charge in [-0.3, -0.25) is 0 Å². The first-order valence-corrected chi connectivity index (χ1v) is 3.13. The standard InChI is InChI=1S/C2H7INOP/c1-2(6)5-4-3/h2-3H,6H2,1H3/i3D. The van der Waals surface area contributed by atoms with Crippen molar-refractivity contribution in [2.45, 2.75) is 12.8 Å². The second kappa shape index (κ2) is 4.09. The second-order valence-electron chi connectivity index (χ2n) is 0.880. The maximum absolute atomic E-state index is 6.61. The molecule has 4 heteroatoms. The summed E-state index contributed by atoms with van der Waals surface area (Å²) in [5, 5.41) is 0. The molecule has 0 spiro atoms. The minimum Gasteiger partial charge on any atom is -0.241 e. The third-order valence-electron chi connectivity index (χ3n) is 0.206. The average Bonchev–Trinajstić information content (AvgIpc) is 1.61. The quantitative estimate of drug-likeness (QED) is 0.392. The predicted octanol–water partition coefficient (Wildman–Crippen LogP) is 1.49. The summed E-state index contributed by atoms with van der Waals surface area (Å²) >= 11 is -0.787. The van der Waals surface area contributed by atoms with E-state index in [1.54, 1.807) is 0 Å². The Kier molecular flexibility index (Phi) is 3.45. The monoisotopic (exact) mass is 220 g/mol. The first-order valence-electron chi connectivity index (χ1n) is 1.88. The smallest absolute Gasteiger partial charge is 0.125 e. The molecule has 0 aliphatic rings. The zero-order valence-electron chi connectivity index (χ0n) is 4.39. The van der Waals surface area contributed by atoms with Crippen LogP contribution in [-0.4, -0.2) is 6.44 Å². The number of nitrogens with zero attached hydrogens (tertiary/aromatic N) is 1. The van der Waals surface area contributed by atoms with E-state index in [4.69, 9.17) is 0.594 Å². The van der Waals surface area contributed by atoms with Gasteiger partial charge < -0.3 is 0 Å². The van der Waals surface area contributed by atoms with Crippen LogP contribution in [0, 0.1) is 0 Å². The summed E-state index contributed by atoms with van der Waals surface area (Å²) in [5.74, 6) is 0.0602. The molecule has 6 heavy (non-hydrogen) atoms. The molecule has 0 heterocycles. The van der Waals surface area contributed by atoms with Gasteiger partial charge in [0.05, 0.1) is 5.85 Å². The highest BCUT2D eigenvalue weighted by Gasteiger charge is 1.83. The van der Waals surface area contributed by atoms with Crippen molar-refractivity contribution in [3.8, 4) is 0 Å². The molecule has 0 saturated heterocycles. The van der Waals surface area contributed by atoms with E-state index in [0.717, 1.165) is 0 Å². The van der Waals surface area contributed by atoms with Gasteiger partial charge in [0, 0.05) is 22.2 Å². The molecule has 0 aliphatic heterocycles. The van der Waals surface area contributed by atoms with Crippen molar-refractivity contribution in [1.29, 1.82) is 0.594 Å². The number of hydrogen-bond donors (Lipinski definition) is 0. The van der Waals surface area contributed by atoms with Crippen LogP contribution in [0.1, 0.15) is 6.92 Å². The summed E-state index contributed by atoms with van der Waals surface area (Å²) in [7, 11) is 2.43. The maximum Gasteiger partial charge on any atom is 0.125 e. The van der Waals surface area contributed by atoms with Crippen molar-refractivity contribution in [1.82, 2.24) is 0 Å². The maximum atomic E-state index is 6.61. The van der Waals surface area contributed by atoms with Gasteiger partial charge in [0.2, 0.25) is 0 Å². The largest absolute Gasteiger partial charge is 0.241 e. The highest BCUT2D eigenvalue weighted by molar-refractivity contribution is 14.1. The Hall–Kier alpha value is 0.920. The Morgan fingerprint density at radius 3 is 3.17 bits per heavy atom. The molecule has 0 aromatic rings. The molecule has 0 aliphatic carbocycles. The van der Waals surface area contributed by atoms with Crippen molar-refractivity contribution in [3.05, 3.63) is 0 Å². The van der Waals surface area contributed by atoms with Crippen molar-refractivity contribution in [2.75, 3.05) is 0 Å². The number of rotatable bonds is 2. The fraction of sp³-hybridized carbons (Fsp3) is 1.00. The van der Waals surface area contributed by atoms with E-state index < -0.39 is 22.2 Å². The molecular formula is C2H7INOP. The third-order valence-corrected chi connectivity index (χ3v) is 0.555. The molecule has 0 rings (SSSR count). The van der Waals surface area contributed by atoms with Crippen molar-refractivity contribution in [3.63, 3.8) is 0 Å². The van der Waals surface area contributed by atoms with E-state index in [0.29, 0.717) is 0 Å². The molecule has 38 valence electrons. The van der Waals surface area contributed by atoms with E-state index in [1.807, 2.05) is 6.92 Å². The van der Waals surface area contributed by atoms with Crippen LogP contribution in [0.2, 0.25) is 0 Å². The molecule has 2 atom stereocenters. The van der Waals surface area contributed by atoms with E-state index in [2.05, 4.69) is 17.4 Å². The van der Waals surface area contributed by atoms with Gasteiger partial charge in [-0.25, -0.2) is 4.84 Å². The fourth-order valence-electron chi connectivity index (χ4n) is 0.0628. The van der Waals surface area contributed by atoms with Crippen LogP contribution in [0.4, 0.5) is 0 Å². The first-order chi connectivity index (χ1) is 3.27. The SMILES string of the molecule is [2H]I=NOC(C)P. The fourth-order valence-corrected chi connectivity index (χ4v) is 0.730. The summed E-state index contributed by atoms with van der Waals surface area (Å²) in [4.78, 5) is 4.64. The van der Waals surface area contributed by atoms with Crippen LogP contribution in [0.15, 0.2) is 3.31 Å². The summed E-state index contributed by atoms with van der Waals surface area (Å²) in [6, 6.07) is 0. The molecular weight excluding hydrogens is 212 g/mol. The lowest BCUT2D eigenvalue weighted by atomic mass is 10.9.